The highest BCUT2D eigenvalue weighted by Gasteiger charge is 2.38. The highest BCUT2D eigenvalue weighted by atomic mass is 14.7. The van der Waals surface area contributed by atoms with Crippen molar-refractivity contribution >= 4 is 0 Å². The lowest BCUT2D eigenvalue weighted by Crippen LogP contribution is -2.47. The molecule has 1 aliphatic rings. The fourth-order valence-corrected chi connectivity index (χ4v) is 3.01. The van der Waals surface area contributed by atoms with Gasteiger partial charge >= 0.3 is 0 Å². The lowest BCUT2D eigenvalue weighted by atomic mass is 9.64. The molecular formula is C17H19N. The van der Waals surface area contributed by atoms with Crippen LogP contribution in [0.4, 0.5) is 0 Å². The Morgan fingerprint density at radius 2 is 1.50 bits per heavy atom. The zero-order valence-electron chi connectivity index (χ0n) is 10.5. The minimum atomic E-state index is 0.357. The zero-order chi connectivity index (χ0) is 12.4. The summed E-state index contributed by atoms with van der Waals surface area (Å²) < 4.78 is 0. The first kappa shape index (κ1) is 11.5. The molecule has 0 amide bonds. The summed E-state index contributed by atoms with van der Waals surface area (Å²) in [5.41, 5.74) is 9.04. The summed E-state index contributed by atoms with van der Waals surface area (Å²) in [6, 6.07) is 21.8. The van der Waals surface area contributed by atoms with Gasteiger partial charge < -0.3 is 5.73 Å². The van der Waals surface area contributed by atoms with Crippen molar-refractivity contribution in [2.75, 3.05) is 0 Å². The van der Waals surface area contributed by atoms with Crippen LogP contribution in [0, 0.1) is 5.92 Å². The molecule has 0 bridgehead atoms. The van der Waals surface area contributed by atoms with Gasteiger partial charge in [-0.1, -0.05) is 60.7 Å². The molecule has 3 rings (SSSR count). The van der Waals surface area contributed by atoms with Crippen LogP contribution in [-0.2, 0) is 6.42 Å². The molecular weight excluding hydrogens is 218 g/mol. The van der Waals surface area contributed by atoms with Crippen LogP contribution in [0.3, 0.4) is 0 Å². The lowest BCUT2D eigenvalue weighted by Gasteiger charge is -2.43. The molecule has 2 aromatic carbocycles. The van der Waals surface area contributed by atoms with Gasteiger partial charge in [0.1, 0.15) is 0 Å². The zero-order valence-corrected chi connectivity index (χ0v) is 10.5. The second-order valence-electron chi connectivity index (χ2n) is 5.27. The summed E-state index contributed by atoms with van der Waals surface area (Å²) >= 11 is 0. The summed E-state index contributed by atoms with van der Waals surface area (Å²) in [5.74, 6) is 1.23. The van der Waals surface area contributed by atoms with Crippen LogP contribution in [0.15, 0.2) is 60.7 Å². The van der Waals surface area contributed by atoms with Crippen molar-refractivity contribution in [3.05, 3.63) is 71.8 Å². The molecule has 3 atom stereocenters. The van der Waals surface area contributed by atoms with Crippen molar-refractivity contribution in [1.29, 1.82) is 0 Å². The molecule has 18 heavy (non-hydrogen) atoms. The molecule has 0 radical (unpaired) electrons. The van der Waals surface area contributed by atoms with Gasteiger partial charge in [0.25, 0.3) is 0 Å². The van der Waals surface area contributed by atoms with Crippen molar-refractivity contribution in [3.8, 4) is 0 Å². The Labute approximate surface area is 109 Å². The monoisotopic (exact) mass is 237 g/mol. The molecule has 0 spiro atoms. The Morgan fingerprint density at radius 3 is 2.11 bits per heavy atom. The summed E-state index contributed by atoms with van der Waals surface area (Å²) in [4.78, 5) is 0. The van der Waals surface area contributed by atoms with Gasteiger partial charge in [-0.15, -0.1) is 0 Å². The first-order valence-corrected chi connectivity index (χ1v) is 6.69. The summed E-state index contributed by atoms with van der Waals surface area (Å²) in [6.45, 7) is 0. The molecule has 1 nitrogen and oxygen atoms in total. The summed E-state index contributed by atoms with van der Waals surface area (Å²) in [5, 5.41) is 0. The van der Waals surface area contributed by atoms with E-state index in [1.165, 1.54) is 11.1 Å². The van der Waals surface area contributed by atoms with E-state index in [0.717, 1.165) is 12.8 Å². The highest BCUT2D eigenvalue weighted by molar-refractivity contribution is 5.26. The van der Waals surface area contributed by atoms with E-state index in [0.29, 0.717) is 17.9 Å². The van der Waals surface area contributed by atoms with Gasteiger partial charge in [0.15, 0.2) is 0 Å². The van der Waals surface area contributed by atoms with Gasteiger partial charge in [-0.05, 0) is 35.8 Å². The van der Waals surface area contributed by atoms with Gasteiger partial charge in [0.2, 0.25) is 0 Å². The van der Waals surface area contributed by atoms with E-state index < -0.39 is 0 Å². The minimum Gasteiger partial charge on any atom is -0.327 e. The van der Waals surface area contributed by atoms with Crippen LogP contribution >= 0.6 is 0 Å². The van der Waals surface area contributed by atoms with E-state index in [1.807, 2.05) is 0 Å². The number of benzene rings is 2. The van der Waals surface area contributed by atoms with Crippen molar-refractivity contribution in [2.24, 2.45) is 11.7 Å². The van der Waals surface area contributed by atoms with E-state index >= 15 is 0 Å². The first-order chi connectivity index (χ1) is 8.84. The molecule has 92 valence electrons. The Morgan fingerprint density at radius 1 is 0.889 bits per heavy atom. The molecule has 1 aliphatic carbocycles. The lowest BCUT2D eigenvalue weighted by molar-refractivity contribution is 0.203. The van der Waals surface area contributed by atoms with Crippen molar-refractivity contribution in [3.63, 3.8) is 0 Å². The average molecular weight is 237 g/mol. The topological polar surface area (TPSA) is 26.0 Å². The maximum atomic E-state index is 6.20. The third-order valence-corrected chi connectivity index (χ3v) is 4.13. The van der Waals surface area contributed by atoms with Gasteiger partial charge in [-0.3, -0.25) is 0 Å². The predicted molar refractivity (Wildman–Crippen MR) is 75.4 cm³/mol. The molecule has 0 aromatic heterocycles. The molecule has 1 fully saturated rings. The summed E-state index contributed by atoms with van der Waals surface area (Å²) in [6.07, 6.45) is 2.23. The predicted octanol–water partition coefficient (Wildman–Crippen LogP) is 3.36. The maximum absolute atomic E-state index is 6.20. The van der Waals surface area contributed by atoms with Crippen LogP contribution in [-0.4, -0.2) is 6.04 Å². The van der Waals surface area contributed by atoms with Gasteiger partial charge in [0, 0.05) is 6.04 Å². The molecule has 0 aliphatic heterocycles. The van der Waals surface area contributed by atoms with Crippen LogP contribution in [0.5, 0.6) is 0 Å². The van der Waals surface area contributed by atoms with E-state index in [2.05, 4.69) is 60.7 Å². The summed E-state index contributed by atoms with van der Waals surface area (Å²) in [7, 11) is 0. The fourth-order valence-electron chi connectivity index (χ4n) is 3.01. The van der Waals surface area contributed by atoms with Crippen molar-refractivity contribution in [2.45, 2.75) is 24.8 Å². The van der Waals surface area contributed by atoms with Gasteiger partial charge in [-0.2, -0.15) is 0 Å². The van der Waals surface area contributed by atoms with E-state index in [1.54, 1.807) is 0 Å². The van der Waals surface area contributed by atoms with Gasteiger partial charge in [-0.25, -0.2) is 0 Å². The number of rotatable bonds is 3. The average Bonchev–Trinajstić information content (AvgIpc) is 2.44. The van der Waals surface area contributed by atoms with Crippen LogP contribution < -0.4 is 5.73 Å². The third kappa shape index (κ3) is 2.19. The Hall–Kier alpha value is -1.60. The molecule has 0 heterocycles. The Kier molecular flexibility index (Phi) is 3.16. The van der Waals surface area contributed by atoms with Crippen molar-refractivity contribution in [1.82, 2.24) is 0 Å². The second-order valence-corrected chi connectivity index (χ2v) is 5.27. The normalized spacial score (nSPS) is 26.6. The maximum Gasteiger partial charge on any atom is 0.00821 e. The molecule has 2 N–H and O–H groups in total. The van der Waals surface area contributed by atoms with E-state index in [-0.39, 0.29) is 0 Å². The molecule has 1 heteroatoms. The highest BCUT2D eigenvalue weighted by Crippen LogP contribution is 2.43. The van der Waals surface area contributed by atoms with Crippen LogP contribution in [0.25, 0.3) is 0 Å². The molecule has 2 aromatic rings. The third-order valence-electron chi connectivity index (χ3n) is 4.13. The van der Waals surface area contributed by atoms with Gasteiger partial charge in [0.05, 0.1) is 0 Å². The first-order valence-electron chi connectivity index (χ1n) is 6.69. The van der Waals surface area contributed by atoms with Crippen LogP contribution in [0.1, 0.15) is 23.5 Å². The van der Waals surface area contributed by atoms with E-state index in [9.17, 15) is 0 Å². The quantitative estimate of drug-likeness (QED) is 0.870. The smallest absolute Gasteiger partial charge is 0.00821 e. The standard InChI is InChI=1S/C17H19N/c18-17-12-15(14-9-5-2-6-10-14)16(17)11-13-7-3-1-4-8-13/h1-10,15-17H,11-12,18H2. The molecule has 1 saturated carbocycles. The number of nitrogens with two attached hydrogens (primary N) is 1. The van der Waals surface area contributed by atoms with Crippen molar-refractivity contribution < 1.29 is 0 Å². The number of hydrogen-bond donors (Lipinski definition) is 1. The van der Waals surface area contributed by atoms with Crippen LogP contribution in [0.2, 0.25) is 0 Å². The van der Waals surface area contributed by atoms with E-state index in [4.69, 9.17) is 5.73 Å². The Bertz CT molecular complexity index is 492. The molecule has 3 unspecified atom stereocenters. The number of hydrogen-bond acceptors (Lipinski definition) is 1. The SMILES string of the molecule is NC1CC(c2ccccc2)C1Cc1ccccc1. The Balaban J connectivity index is 1.75. The fraction of sp³-hybridized carbons (Fsp3) is 0.294. The minimum absolute atomic E-state index is 0.357. The molecule has 0 saturated heterocycles. The largest absolute Gasteiger partial charge is 0.327 e. The second kappa shape index (κ2) is 4.95.